The van der Waals surface area contributed by atoms with Crippen LogP contribution in [0.25, 0.3) is 0 Å². The van der Waals surface area contributed by atoms with Crippen LogP contribution >= 0.6 is 17.0 Å². The molecule has 0 aliphatic heterocycles. The first-order valence-corrected chi connectivity index (χ1v) is 5.83. The van der Waals surface area contributed by atoms with E-state index in [1.165, 1.54) is 38.5 Å². The molecule has 1 nitrogen and oxygen atoms in total. The molecule has 0 aromatic rings. The summed E-state index contributed by atoms with van der Waals surface area (Å²) in [6, 6.07) is 0. The van der Waals surface area contributed by atoms with Gasteiger partial charge >= 0.3 is 0 Å². The second-order valence-corrected chi connectivity index (χ2v) is 4.65. The molecule has 2 heteroatoms. The Morgan fingerprint density at radius 3 is 2.07 bits per heavy atom. The Kier molecular flexibility index (Phi) is 10.5. The van der Waals surface area contributed by atoms with E-state index in [4.69, 9.17) is 5.73 Å². The smallest absolute Gasteiger partial charge is 0.0151 e. The molecular formula is C12H28BrN. The fourth-order valence-electron chi connectivity index (χ4n) is 1.64. The summed E-state index contributed by atoms with van der Waals surface area (Å²) in [7, 11) is 0. The van der Waals surface area contributed by atoms with Crippen molar-refractivity contribution < 1.29 is 0 Å². The average molecular weight is 266 g/mol. The van der Waals surface area contributed by atoms with Gasteiger partial charge < -0.3 is 5.73 Å². The van der Waals surface area contributed by atoms with Crippen LogP contribution in [0.3, 0.4) is 0 Å². The molecule has 0 heterocycles. The van der Waals surface area contributed by atoms with Gasteiger partial charge in [-0.05, 0) is 25.7 Å². The topological polar surface area (TPSA) is 26.0 Å². The number of hydrogen-bond acceptors (Lipinski definition) is 1. The minimum atomic E-state index is 0. The lowest BCUT2D eigenvalue weighted by atomic mass is 9.81. The minimum Gasteiger partial charge on any atom is -0.325 e. The Hall–Kier alpha value is 0.440. The largest absolute Gasteiger partial charge is 0.325 e. The van der Waals surface area contributed by atoms with Crippen molar-refractivity contribution in [3.8, 4) is 0 Å². The Balaban J connectivity index is 0. The summed E-state index contributed by atoms with van der Waals surface area (Å²) in [4.78, 5) is 0. The van der Waals surface area contributed by atoms with Gasteiger partial charge in [-0.25, -0.2) is 0 Å². The minimum absolute atomic E-state index is 0. The third kappa shape index (κ3) is 6.83. The lowest BCUT2D eigenvalue weighted by Crippen LogP contribution is -2.42. The van der Waals surface area contributed by atoms with Crippen molar-refractivity contribution in [2.24, 2.45) is 11.7 Å². The van der Waals surface area contributed by atoms with E-state index in [9.17, 15) is 0 Å². The Bertz CT molecular complexity index is 123. The standard InChI is InChI=1S/C12H27N.BrH/c1-5-7-9-11(3)12(4,13)10-8-6-2;/h11H,5-10,13H2,1-4H3;1H. The van der Waals surface area contributed by atoms with E-state index in [1.54, 1.807) is 0 Å². The van der Waals surface area contributed by atoms with E-state index in [1.807, 2.05) is 0 Å². The first-order chi connectivity index (χ1) is 6.04. The molecule has 0 spiro atoms. The number of unbranched alkanes of at least 4 members (excludes halogenated alkanes) is 2. The molecule has 0 aliphatic carbocycles. The first kappa shape index (κ1) is 16.9. The molecule has 14 heavy (non-hydrogen) atoms. The normalized spacial score (nSPS) is 16.9. The van der Waals surface area contributed by atoms with Gasteiger partial charge in [-0.15, -0.1) is 17.0 Å². The maximum atomic E-state index is 6.29. The maximum Gasteiger partial charge on any atom is 0.0151 e. The molecule has 0 rings (SSSR count). The predicted molar refractivity (Wildman–Crippen MR) is 71.1 cm³/mol. The highest BCUT2D eigenvalue weighted by molar-refractivity contribution is 8.93. The summed E-state index contributed by atoms with van der Waals surface area (Å²) in [6.45, 7) is 8.98. The molecular weight excluding hydrogens is 238 g/mol. The molecule has 0 saturated carbocycles. The highest BCUT2D eigenvalue weighted by Gasteiger charge is 2.24. The van der Waals surface area contributed by atoms with Crippen LogP contribution < -0.4 is 5.73 Å². The van der Waals surface area contributed by atoms with Gasteiger partial charge in [0.1, 0.15) is 0 Å². The van der Waals surface area contributed by atoms with Crippen LogP contribution in [0.2, 0.25) is 0 Å². The molecule has 0 saturated heterocycles. The van der Waals surface area contributed by atoms with E-state index in [-0.39, 0.29) is 22.5 Å². The van der Waals surface area contributed by atoms with Gasteiger partial charge in [0, 0.05) is 5.54 Å². The molecule has 0 radical (unpaired) electrons. The summed E-state index contributed by atoms with van der Waals surface area (Å²) < 4.78 is 0. The van der Waals surface area contributed by atoms with Crippen molar-refractivity contribution in [1.29, 1.82) is 0 Å². The van der Waals surface area contributed by atoms with Crippen molar-refractivity contribution in [3.63, 3.8) is 0 Å². The highest BCUT2D eigenvalue weighted by Crippen LogP contribution is 2.24. The third-order valence-electron chi connectivity index (χ3n) is 3.19. The predicted octanol–water partition coefficient (Wildman–Crippen LogP) is 4.30. The monoisotopic (exact) mass is 265 g/mol. The highest BCUT2D eigenvalue weighted by atomic mass is 79.9. The Morgan fingerprint density at radius 2 is 1.64 bits per heavy atom. The quantitative estimate of drug-likeness (QED) is 0.730. The van der Waals surface area contributed by atoms with Gasteiger partial charge in [-0.1, -0.05) is 46.5 Å². The lowest BCUT2D eigenvalue weighted by Gasteiger charge is -2.31. The van der Waals surface area contributed by atoms with Gasteiger partial charge in [0.2, 0.25) is 0 Å². The summed E-state index contributed by atoms with van der Waals surface area (Å²) in [6.07, 6.45) is 7.59. The third-order valence-corrected chi connectivity index (χ3v) is 3.19. The van der Waals surface area contributed by atoms with E-state index in [2.05, 4.69) is 27.7 Å². The number of rotatable bonds is 7. The zero-order valence-electron chi connectivity index (χ0n) is 10.3. The van der Waals surface area contributed by atoms with Gasteiger partial charge in [-0.2, -0.15) is 0 Å². The average Bonchev–Trinajstić information content (AvgIpc) is 2.10. The van der Waals surface area contributed by atoms with E-state index in [0.29, 0.717) is 5.92 Å². The second-order valence-electron chi connectivity index (χ2n) is 4.65. The van der Waals surface area contributed by atoms with Crippen molar-refractivity contribution in [1.82, 2.24) is 0 Å². The van der Waals surface area contributed by atoms with Crippen LogP contribution in [0, 0.1) is 5.92 Å². The molecule has 0 amide bonds. The maximum absolute atomic E-state index is 6.29. The SMILES string of the molecule is Br.CCCCC(C)C(C)(N)CCCC. The van der Waals surface area contributed by atoms with Crippen molar-refractivity contribution in [3.05, 3.63) is 0 Å². The van der Waals surface area contributed by atoms with Gasteiger partial charge in [0.15, 0.2) is 0 Å². The first-order valence-electron chi connectivity index (χ1n) is 5.83. The summed E-state index contributed by atoms with van der Waals surface area (Å²) in [5, 5.41) is 0. The van der Waals surface area contributed by atoms with Crippen LogP contribution in [-0.2, 0) is 0 Å². The zero-order chi connectivity index (χ0) is 10.3. The Morgan fingerprint density at radius 1 is 1.14 bits per heavy atom. The molecule has 0 aromatic heterocycles. The molecule has 0 aliphatic rings. The van der Waals surface area contributed by atoms with Crippen molar-refractivity contribution in [2.45, 2.75) is 71.8 Å². The van der Waals surface area contributed by atoms with Crippen LogP contribution in [0.5, 0.6) is 0 Å². The van der Waals surface area contributed by atoms with Crippen LogP contribution in [0.1, 0.15) is 66.2 Å². The molecule has 0 aromatic carbocycles. The van der Waals surface area contributed by atoms with E-state index in [0.717, 1.165) is 0 Å². The fraction of sp³-hybridized carbons (Fsp3) is 1.00. The summed E-state index contributed by atoms with van der Waals surface area (Å²) in [5.74, 6) is 0.666. The van der Waals surface area contributed by atoms with Gasteiger partial charge in [0.25, 0.3) is 0 Å². The second kappa shape index (κ2) is 8.72. The molecule has 2 unspecified atom stereocenters. The zero-order valence-corrected chi connectivity index (χ0v) is 12.0. The van der Waals surface area contributed by atoms with Crippen LogP contribution in [-0.4, -0.2) is 5.54 Å². The number of halogens is 1. The molecule has 0 fully saturated rings. The van der Waals surface area contributed by atoms with E-state index >= 15 is 0 Å². The van der Waals surface area contributed by atoms with Crippen LogP contribution in [0.15, 0.2) is 0 Å². The lowest BCUT2D eigenvalue weighted by molar-refractivity contribution is 0.269. The fourth-order valence-corrected chi connectivity index (χ4v) is 1.64. The van der Waals surface area contributed by atoms with Gasteiger partial charge in [0.05, 0.1) is 0 Å². The van der Waals surface area contributed by atoms with Gasteiger partial charge in [-0.3, -0.25) is 0 Å². The molecule has 2 N–H and O–H groups in total. The molecule has 0 bridgehead atoms. The Labute approximate surface area is 101 Å². The molecule has 88 valence electrons. The summed E-state index contributed by atoms with van der Waals surface area (Å²) in [5.41, 5.74) is 6.35. The van der Waals surface area contributed by atoms with Crippen LogP contribution in [0.4, 0.5) is 0 Å². The van der Waals surface area contributed by atoms with E-state index < -0.39 is 0 Å². The number of hydrogen-bond donors (Lipinski definition) is 1. The molecule has 2 atom stereocenters. The number of nitrogens with two attached hydrogens (primary N) is 1. The summed E-state index contributed by atoms with van der Waals surface area (Å²) >= 11 is 0. The van der Waals surface area contributed by atoms with Crippen molar-refractivity contribution >= 4 is 17.0 Å². The van der Waals surface area contributed by atoms with Crippen molar-refractivity contribution in [2.75, 3.05) is 0 Å².